The van der Waals surface area contributed by atoms with Crippen LogP contribution < -0.4 is 0 Å². The lowest BCUT2D eigenvalue weighted by Crippen LogP contribution is -2.17. The Morgan fingerprint density at radius 2 is 0.821 bits per heavy atom. The van der Waals surface area contributed by atoms with Gasteiger partial charge in [0, 0.05) is 0 Å². The summed E-state index contributed by atoms with van der Waals surface area (Å²) in [7, 11) is 0. The molecule has 0 fully saturated rings. The predicted molar refractivity (Wildman–Crippen MR) is 126 cm³/mol. The summed E-state index contributed by atoms with van der Waals surface area (Å²) in [5, 5.41) is 0. The molecule has 0 amide bonds. The molecule has 0 atom stereocenters. The van der Waals surface area contributed by atoms with Gasteiger partial charge < -0.3 is 0 Å². The molecule has 0 bridgehead atoms. The van der Waals surface area contributed by atoms with Crippen molar-refractivity contribution >= 4 is 0 Å². The fourth-order valence-electron chi connectivity index (χ4n) is 4.15. The SMILES string of the molecule is CCCCCC(C)(C)c1ccc(-c2ccc(C(C)(C)CCCCC)cc2)cc1. The summed E-state index contributed by atoms with van der Waals surface area (Å²) in [5.41, 5.74) is 6.09. The van der Waals surface area contributed by atoms with Crippen molar-refractivity contribution in [2.24, 2.45) is 0 Å². The highest BCUT2D eigenvalue weighted by Gasteiger charge is 2.21. The smallest absolute Gasteiger partial charge is 0.0104 e. The normalized spacial score (nSPS) is 12.4. The van der Waals surface area contributed by atoms with E-state index in [4.69, 9.17) is 0 Å². The Kier molecular flexibility index (Phi) is 8.35. The highest BCUT2D eigenvalue weighted by molar-refractivity contribution is 5.64. The lowest BCUT2D eigenvalue weighted by atomic mass is 9.79. The summed E-state index contributed by atoms with van der Waals surface area (Å²) in [4.78, 5) is 0. The van der Waals surface area contributed by atoms with E-state index in [1.54, 1.807) is 0 Å². The molecule has 0 heterocycles. The molecule has 2 aromatic carbocycles. The van der Waals surface area contributed by atoms with E-state index < -0.39 is 0 Å². The van der Waals surface area contributed by atoms with Crippen molar-refractivity contribution in [3.05, 3.63) is 59.7 Å². The summed E-state index contributed by atoms with van der Waals surface area (Å²) < 4.78 is 0. The monoisotopic (exact) mass is 378 g/mol. The average molecular weight is 379 g/mol. The van der Waals surface area contributed by atoms with Gasteiger partial charge in [0.25, 0.3) is 0 Å². The molecule has 154 valence electrons. The molecule has 0 N–H and O–H groups in total. The first-order valence-electron chi connectivity index (χ1n) is 11.5. The molecule has 0 saturated heterocycles. The molecule has 0 nitrogen and oxygen atoms in total. The van der Waals surface area contributed by atoms with Gasteiger partial charge in [-0.25, -0.2) is 0 Å². The Bertz CT molecular complexity index is 622. The minimum Gasteiger partial charge on any atom is -0.0654 e. The van der Waals surface area contributed by atoms with Crippen LogP contribution in [0.3, 0.4) is 0 Å². The Morgan fingerprint density at radius 3 is 1.11 bits per heavy atom. The molecule has 2 aromatic rings. The quantitative estimate of drug-likeness (QED) is 0.342. The van der Waals surface area contributed by atoms with E-state index in [-0.39, 0.29) is 10.8 Å². The minimum atomic E-state index is 0.264. The molecule has 0 saturated carbocycles. The predicted octanol–water partition coefficient (Wildman–Crippen LogP) is 9.07. The summed E-state index contributed by atoms with van der Waals surface area (Å²) in [6.07, 6.45) is 10.4. The summed E-state index contributed by atoms with van der Waals surface area (Å²) in [6.45, 7) is 14.1. The van der Waals surface area contributed by atoms with E-state index in [2.05, 4.69) is 90.1 Å². The third kappa shape index (κ3) is 6.23. The van der Waals surface area contributed by atoms with Gasteiger partial charge in [0.2, 0.25) is 0 Å². The van der Waals surface area contributed by atoms with E-state index in [0.29, 0.717) is 0 Å². The van der Waals surface area contributed by atoms with Crippen LogP contribution in [0.25, 0.3) is 11.1 Å². The average Bonchev–Trinajstić information content (AvgIpc) is 2.68. The van der Waals surface area contributed by atoms with Crippen LogP contribution in [0.1, 0.15) is 104 Å². The van der Waals surface area contributed by atoms with Crippen LogP contribution in [-0.2, 0) is 10.8 Å². The molecule has 0 radical (unpaired) electrons. The van der Waals surface area contributed by atoms with Crippen LogP contribution in [0.5, 0.6) is 0 Å². The van der Waals surface area contributed by atoms with Gasteiger partial charge in [0.05, 0.1) is 0 Å². The Labute approximate surface area is 174 Å². The summed E-state index contributed by atoms with van der Waals surface area (Å²) >= 11 is 0. The molecule has 2 rings (SSSR count). The first-order chi connectivity index (χ1) is 13.3. The number of hydrogen-bond acceptors (Lipinski definition) is 0. The standard InChI is InChI=1S/C28H42/c1-7-9-11-21-27(3,4)25-17-13-23(14-18-25)24-15-19-26(20-16-24)28(5,6)22-12-10-8-2/h13-20H,7-12,21-22H2,1-6H3. The maximum absolute atomic E-state index is 2.38. The van der Waals surface area contributed by atoms with E-state index >= 15 is 0 Å². The second kappa shape index (κ2) is 10.3. The first kappa shape index (κ1) is 22.7. The molecule has 28 heavy (non-hydrogen) atoms. The molecular weight excluding hydrogens is 336 g/mol. The Hall–Kier alpha value is -1.56. The third-order valence-electron chi connectivity index (χ3n) is 6.48. The van der Waals surface area contributed by atoms with E-state index in [1.165, 1.54) is 73.6 Å². The van der Waals surface area contributed by atoms with Crippen LogP contribution in [0.2, 0.25) is 0 Å². The molecule has 0 heteroatoms. The second-order valence-electron chi connectivity index (χ2n) is 9.84. The largest absolute Gasteiger partial charge is 0.0654 e. The van der Waals surface area contributed by atoms with Crippen LogP contribution >= 0.6 is 0 Å². The van der Waals surface area contributed by atoms with E-state index in [1.807, 2.05) is 0 Å². The molecule has 0 aliphatic rings. The van der Waals surface area contributed by atoms with Crippen molar-refractivity contribution in [1.82, 2.24) is 0 Å². The van der Waals surface area contributed by atoms with E-state index in [9.17, 15) is 0 Å². The molecule has 0 aliphatic heterocycles. The Morgan fingerprint density at radius 1 is 0.500 bits per heavy atom. The zero-order chi connectivity index (χ0) is 20.6. The number of unbranched alkanes of at least 4 members (excludes halogenated alkanes) is 4. The van der Waals surface area contributed by atoms with Crippen molar-refractivity contribution in [3.63, 3.8) is 0 Å². The van der Waals surface area contributed by atoms with Gasteiger partial charge in [-0.3, -0.25) is 0 Å². The topological polar surface area (TPSA) is 0 Å². The van der Waals surface area contributed by atoms with Crippen molar-refractivity contribution in [3.8, 4) is 11.1 Å². The first-order valence-corrected chi connectivity index (χ1v) is 11.5. The zero-order valence-electron chi connectivity index (χ0n) is 19.3. The van der Waals surface area contributed by atoms with Gasteiger partial charge in [0.1, 0.15) is 0 Å². The Balaban J connectivity index is 2.07. The van der Waals surface area contributed by atoms with Crippen LogP contribution in [0.4, 0.5) is 0 Å². The van der Waals surface area contributed by atoms with E-state index in [0.717, 1.165) is 0 Å². The van der Waals surface area contributed by atoms with Crippen LogP contribution in [0.15, 0.2) is 48.5 Å². The maximum Gasteiger partial charge on any atom is -0.0104 e. The fourth-order valence-corrected chi connectivity index (χ4v) is 4.15. The van der Waals surface area contributed by atoms with Gasteiger partial charge in [-0.05, 0) is 45.9 Å². The lowest BCUT2D eigenvalue weighted by Gasteiger charge is -2.26. The van der Waals surface area contributed by atoms with Gasteiger partial charge in [-0.2, -0.15) is 0 Å². The van der Waals surface area contributed by atoms with Gasteiger partial charge in [-0.1, -0.05) is 129 Å². The van der Waals surface area contributed by atoms with Gasteiger partial charge in [0.15, 0.2) is 0 Å². The maximum atomic E-state index is 2.38. The van der Waals surface area contributed by atoms with Crippen molar-refractivity contribution in [2.45, 2.75) is 104 Å². The number of rotatable bonds is 11. The highest BCUT2D eigenvalue weighted by atomic mass is 14.3. The number of hydrogen-bond donors (Lipinski definition) is 0. The molecule has 0 unspecified atom stereocenters. The lowest BCUT2D eigenvalue weighted by molar-refractivity contribution is 0.450. The van der Waals surface area contributed by atoms with Gasteiger partial charge in [-0.15, -0.1) is 0 Å². The molecule has 0 aromatic heterocycles. The third-order valence-corrected chi connectivity index (χ3v) is 6.48. The van der Waals surface area contributed by atoms with Crippen LogP contribution in [-0.4, -0.2) is 0 Å². The van der Waals surface area contributed by atoms with Crippen molar-refractivity contribution in [1.29, 1.82) is 0 Å². The molecular formula is C28H42. The van der Waals surface area contributed by atoms with Crippen molar-refractivity contribution < 1.29 is 0 Å². The fraction of sp³-hybridized carbons (Fsp3) is 0.571. The summed E-state index contributed by atoms with van der Waals surface area (Å²) in [5.74, 6) is 0. The molecule has 0 aliphatic carbocycles. The minimum absolute atomic E-state index is 0.264. The van der Waals surface area contributed by atoms with Crippen molar-refractivity contribution in [2.75, 3.05) is 0 Å². The molecule has 0 spiro atoms. The second-order valence-corrected chi connectivity index (χ2v) is 9.84. The zero-order valence-corrected chi connectivity index (χ0v) is 19.3. The van der Waals surface area contributed by atoms with Crippen LogP contribution in [0, 0.1) is 0 Å². The number of benzene rings is 2. The highest BCUT2D eigenvalue weighted by Crippen LogP contribution is 2.33. The van der Waals surface area contributed by atoms with Gasteiger partial charge >= 0.3 is 0 Å². The summed E-state index contributed by atoms with van der Waals surface area (Å²) in [6, 6.07) is 18.6.